The van der Waals surface area contributed by atoms with Crippen LogP contribution < -0.4 is 5.73 Å². The van der Waals surface area contributed by atoms with Gasteiger partial charge in [0, 0.05) is 0 Å². The lowest BCUT2D eigenvalue weighted by Crippen LogP contribution is -2.13. The fraction of sp³-hybridized carbons (Fsp3) is 0.143. The van der Waals surface area contributed by atoms with Crippen molar-refractivity contribution in [2.24, 2.45) is 10.9 Å². The molecule has 0 saturated heterocycles. The van der Waals surface area contributed by atoms with E-state index >= 15 is 0 Å². The highest BCUT2D eigenvalue weighted by Crippen LogP contribution is 2.07. The maximum Gasteiger partial charge on any atom is 0.349 e. The summed E-state index contributed by atoms with van der Waals surface area (Å²) in [4.78, 5) is 15.7. The number of thiophene rings is 1. The van der Waals surface area contributed by atoms with E-state index in [1.54, 1.807) is 6.07 Å². The number of oxime groups is 1. The van der Waals surface area contributed by atoms with Crippen molar-refractivity contribution in [1.29, 1.82) is 0 Å². The molecule has 0 aliphatic rings. The van der Waals surface area contributed by atoms with Crippen LogP contribution in [0.15, 0.2) is 22.7 Å². The second-order valence-corrected chi connectivity index (χ2v) is 3.27. The van der Waals surface area contributed by atoms with E-state index in [0.717, 1.165) is 4.88 Å². The van der Waals surface area contributed by atoms with Gasteiger partial charge in [-0.3, -0.25) is 0 Å². The Bertz CT molecular complexity index is 310. The number of hydrogen-bond acceptors (Lipinski definition) is 4. The Morgan fingerprint density at radius 3 is 3.08 bits per heavy atom. The molecule has 0 aliphatic heterocycles. The molecule has 70 valence electrons. The molecule has 0 amide bonds. The molecule has 0 fully saturated rings. The summed E-state index contributed by atoms with van der Waals surface area (Å²) in [6, 6.07) is 3.60. The molecule has 0 aromatic carbocycles. The van der Waals surface area contributed by atoms with Crippen molar-refractivity contribution in [2.45, 2.75) is 0 Å². The topological polar surface area (TPSA) is 64.7 Å². The zero-order valence-electron chi connectivity index (χ0n) is 6.57. The Kier molecular flexibility index (Phi) is 3.72. The summed E-state index contributed by atoms with van der Waals surface area (Å²) in [5.74, 6) is -0.684. The smallest absolute Gasteiger partial charge is 0.349 e. The van der Waals surface area contributed by atoms with Crippen LogP contribution in [-0.2, 0) is 9.63 Å². The fourth-order valence-corrected chi connectivity index (χ4v) is 1.26. The number of halogens is 1. The van der Waals surface area contributed by atoms with Crippen molar-refractivity contribution >= 4 is 34.7 Å². The summed E-state index contributed by atoms with van der Waals surface area (Å²) >= 11 is 6.59. The third-order valence-electron chi connectivity index (χ3n) is 1.13. The van der Waals surface area contributed by atoms with Crippen LogP contribution in [0.5, 0.6) is 0 Å². The number of nitrogens with two attached hydrogens (primary N) is 1. The molecule has 0 aliphatic carbocycles. The van der Waals surface area contributed by atoms with Gasteiger partial charge in [0.15, 0.2) is 5.84 Å². The third kappa shape index (κ3) is 3.04. The van der Waals surface area contributed by atoms with Gasteiger partial charge in [-0.15, -0.1) is 22.9 Å². The zero-order chi connectivity index (χ0) is 9.68. The highest BCUT2D eigenvalue weighted by atomic mass is 35.5. The van der Waals surface area contributed by atoms with Gasteiger partial charge in [0.05, 0.1) is 4.88 Å². The summed E-state index contributed by atoms with van der Waals surface area (Å²) in [6.45, 7) is 0. The van der Waals surface area contributed by atoms with Gasteiger partial charge < -0.3 is 10.6 Å². The Hall–Kier alpha value is -1.07. The van der Waals surface area contributed by atoms with Crippen LogP contribution in [0.2, 0.25) is 0 Å². The molecule has 0 saturated carbocycles. The van der Waals surface area contributed by atoms with E-state index in [2.05, 4.69) is 9.99 Å². The molecular weight excluding hydrogens is 212 g/mol. The van der Waals surface area contributed by atoms with Crippen molar-refractivity contribution in [3.05, 3.63) is 22.4 Å². The monoisotopic (exact) mass is 218 g/mol. The lowest BCUT2D eigenvalue weighted by Gasteiger charge is -1.95. The summed E-state index contributed by atoms with van der Waals surface area (Å²) in [6.07, 6.45) is 0. The van der Waals surface area contributed by atoms with Gasteiger partial charge in [-0.05, 0) is 11.4 Å². The predicted octanol–water partition coefficient (Wildman–Crippen LogP) is 1.15. The molecular formula is C7H7ClN2O2S. The maximum absolute atomic E-state index is 10.6. The van der Waals surface area contributed by atoms with Crippen LogP contribution in [0.4, 0.5) is 0 Å². The highest BCUT2D eigenvalue weighted by molar-refractivity contribution is 7.12. The highest BCUT2D eigenvalue weighted by Gasteiger charge is 2.02. The lowest BCUT2D eigenvalue weighted by atomic mass is 10.4. The molecule has 4 nitrogen and oxygen atoms in total. The van der Waals surface area contributed by atoms with Crippen LogP contribution in [0.1, 0.15) is 4.88 Å². The van der Waals surface area contributed by atoms with Crippen LogP contribution in [0.3, 0.4) is 0 Å². The molecule has 0 unspecified atom stereocenters. The third-order valence-corrected chi connectivity index (χ3v) is 2.24. The number of carbonyl (C=O) groups is 1. The first-order valence-electron chi connectivity index (χ1n) is 3.37. The molecule has 0 radical (unpaired) electrons. The first-order chi connectivity index (χ1) is 6.24. The van der Waals surface area contributed by atoms with E-state index in [1.165, 1.54) is 11.3 Å². The standard InChI is InChI=1S/C7H7ClN2O2S/c8-4-6(11)12-10-7(9)5-2-1-3-13-5/h1-3H,4H2,(H2,9,10). The van der Waals surface area contributed by atoms with Crippen LogP contribution in [0, 0.1) is 0 Å². The Balaban J connectivity index is 2.57. The molecule has 6 heteroatoms. The van der Waals surface area contributed by atoms with Crippen molar-refractivity contribution in [3.8, 4) is 0 Å². The number of nitrogens with zero attached hydrogens (tertiary/aromatic N) is 1. The molecule has 1 heterocycles. The van der Waals surface area contributed by atoms with E-state index in [-0.39, 0.29) is 11.7 Å². The van der Waals surface area contributed by atoms with Crippen molar-refractivity contribution in [1.82, 2.24) is 0 Å². The second kappa shape index (κ2) is 4.84. The maximum atomic E-state index is 10.6. The van der Waals surface area contributed by atoms with E-state index in [0.29, 0.717) is 0 Å². The minimum absolute atomic E-state index is 0.175. The Morgan fingerprint density at radius 2 is 2.54 bits per heavy atom. The molecule has 13 heavy (non-hydrogen) atoms. The molecule has 1 aromatic heterocycles. The van der Waals surface area contributed by atoms with Crippen molar-refractivity contribution < 1.29 is 9.63 Å². The van der Waals surface area contributed by atoms with Gasteiger partial charge in [-0.25, -0.2) is 4.79 Å². The molecule has 1 aromatic rings. The van der Waals surface area contributed by atoms with Crippen LogP contribution in [0.25, 0.3) is 0 Å². The second-order valence-electron chi connectivity index (χ2n) is 2.05. The number of carbonyl (C=O) groups excluding carboxylic acids is 1. The minimum Gasteiger partial charge on any atom is -0.380 e. The normalized spacial score (nSPS) is 11.3. The van der Waals surface area contributed by atoms with Gasteiger partial charge in [0.25, 0.3) is 0 Å². The average molecular weight is 219 g/mol. The van der Waals surface area contributed by atoms with Gasteiger partial charge in [0.2, 0.25) is 0 Å². The van der Waals surface area contributed by atoms with Crippen LogP contribution in [-0.4, -0.2) is 17.7 Å². The van der Waals surface area contributed by atoms with Gasteiger partial charge >= 0.3 is 5.97 Å². The van der Waals surface area contributed by atoms with Gasteiger partial charge in [-0.1, -0.05) is 11.2 Å². The molecule has 0 atom stereocenters. The molecule has 0 spiro atoms. The Labute approximate surface area is 83.9 Å². The van der Waals surface area contributed by atoms with E-state index in [1.807, 2.05) is 11.4 Å². The minimum atomic E-state index is -0.624. The number of amidine groups is 1. The van der Waals surface area contributed by atoms with E-state index in [4.69, 9.17) is 17.3 Å². The van der Waals surface area contributed by atoms with Crippen molar-refractivity contribution in [2.75, 3.05) is 5.88 Å². The number of alkyl halides is 1. The fourth-order valence-electron chi connectivity index (χ4n) is 0.594. The summed E-state index contributed by atoms with van der Waals surface area (Å²) < 4.78 is 0. The average Bonchev–Trinajstić information content (AvgIpc) is 2.66. The SMILES string of the molecule is NC(=NOC(=O)CCl)c1cccs1. The van der Waals surface area contributed by atoms with E-state index < -0.39 is 5.97 Å². The molecule has 2 N–H and O–H groups in total. The number of rotatable bonds is 3. The molecule has 0 bridgehead atoms. The van der Waals surface area contributed by atoms with E-state index in [9.17, 15) is 4.79 Å². The largest absolute Gasteiger partial charge is 0.380 e. The van der Waals surface area contributed by atoms with Gasteiger partial charge in [-0.2, -0.15) is 0 Å². The quantitative estimate of drug-likeness (QED) is 0.272. The summed E-state index contributed by atoms with van der Waals surface area (Å²) in [5.41, 5.74) is 5.48. The lowest BCUT2D eigenvalue weighted by molar-refractivity contribution is -0.140. The summed E-state index contributed by atoms with van der Waals surface area (Å²) in [7, 11) is 0. The van der Waals surface area contributed by atoms with Crippen molar-refractivity contribution in [3.63, 3.8) is 0 Å². The number of hydrogen-bond donors (Lipinski definition) is 1. The first kappa shape index (κ1) is 10.0. The van der Waals surface area contributed by atoms with Crippen LogP contribution >= 0.6 is 22.9 Å². The first-order valence-corrected chi connectivity index (χ1v) is 4.78. The van der Waals surface area contributed by atoms with Gasteiger partial charge in [0.1, 0.15) is 5.88 Å². The summed E-state index contributed by atoms with van der Waals surface area (Å²) in [5, 5.41) is 5.26. The molecule has 1 rings (SSSR count). The predicted molar refractivity (Wildman–Crippen MR) is 51.9 cm³/mol. The Morgan fingerprint density at radius 1 is 1.77 bits per heavy atom. The zero-order valence-corrected chi connectivity index (χ0v) is 8.14.